The Morgan fingerprint density at radius 1 is 1.75 bits per heavy atom. The fourth-order valence-corrected chi connectivity index (χ4v) is 0.431. The molecular formula is C6H13NO. The maximum Gasteiger partial charge on any atom is 0.129 e. The molecule has 0 heterocycles. The highest BCUT2D eigenvalue weighted by Gasteiger charge is 1.95. The van der Waals surface area contributed by atoms with Crippen molar-refractivity contribution in [3.05, 3.63) is 0 Å². The van der Waals surface area contributed by atoms with Crippen molar-refractivity contribution in [2.75, 3.05) is 0 Å². The largest absolute Gasteiger partial charge is 0.328 e. The second-order valence-electron chi connectivity index (χ2n) is 2.22. The highest BCUT2D eigenvalue weighted by molar-refractivity contribution is 5.75. The van der Waals surface area contributed by atoms with Crippen molar-refractivity contribution in [1.29, 1.82) is 0 Å². The van der Waals surface area contributed by atoms with Crippen molar-refractivity contribution in [3.63, 3.8) is 0 Å². The molecule has 0 radical (unpaired) electrons. The van der Waals surface area contributed by atoms with Crippen LogP contribution in [0.4, 0.5) is 0 Å². The van der Waals surface area contributed by atoms with E-state index in [1.165, 1.54) is 0 Å². The Balaban J connectivity index is 3.05. The minimum atomic E-state index is 0.166. The van der Waals surface area contributed by atoms with Gasteiger partial charge in [0.15, 0.2) is 0 Å². The van der Waals surface area contributed by atoms with Crippen LogP contribution >= 0.6 is 0 Å². The van der Waals surface area contributed by atoms with E-state index in [4.69, 9.17) is 5.73 Å². The van der Waals surface area contributed by atoms with E-state index in [0.29, 0.717) is 6.42 Å². The predicted molar refractivity (Wildman–Crippen MR) is 33.6 cm³/mol. The van der Waals surface area contributed by atoms with Gasteiger partial charge in [0.05, 0.1) is 0 Å². The fraction of sp³-hybridized carbons (Fsp3) is 0.833. The number of carbonyl (C=O) groups is 1. The molecule has 0 spiro atoms. The molecule has 0 aromatic heterocycles. The summed E-state index contributed by atoms with van der Waals surface area (Å²) < 4.78 is 0. The van der Waals surface area contributed by atoms with Crippen LogP contribution in [0.15, 0.2) is 0 Å². The van der Waals surface area contributed by atoms with Crippen molar-refractivity contribution >= 4 is 5.78 Å². The molecule has 0 unspecified atom stereocenters. The SMILES string of the molecule is CC(=O)CC[C@H](C)N. The lowest BCUT2D eigenvalue weighted by Crippen LogP contribution is -2.15. The summed E-state index contributed by atoms with van der Waals surface area (Å²) in [5.74, 6) is 0.224. The maximum atomic E-state index is 10.3. The van der Waals surface area contributed by atoms with E-state index in [-0.39, 0.29) is 11.8 Å². The summed E-state index contributed by atoms with van der Waals surface area (Å²) in [6, 6.07) is 0.166. The summed E-state index contributed by atoms with van der Waals surface area (Å²) in [5, 5.41) is 0. The number of carbonyl (C=O) groups excluding carboxylic acids is 1. The van der Waals surface area contributed by atoms with Crippen LogP contribution in [-0.2, 0) is 4.79 Å². The van der Waals surface area contributed by atoms with Crippen molar-refractivity contribution in [3.8, 4) is 0 Å². The smallest absolute Gasteiger partial charge is 0.129 e. The lowest BCUT2D eigenvalue weighted by atomic mass is 10.1. The molecule has 0 saturated carbocycles. The third-order valence-electron chi connectivity index (χ3n) is 0.952. The first kappa shape index (κ1) is 7.63. The van der Waals surface area contributed by atoms with Gasteiger partial charge in [-0.05, 0) is 20.3 Å². The van der Waals surface area contributed by atoms with Gasteiger partial charge in [-0.25, -0.2) is 0 Å². The topological polar surface area (TPSA) is 43.1 Å². The van der Waals surface area contributed by atoms with E-state index in [9.17, 15) is 4.79 Å². The molecule has 2 heteroatoms. The highest BCUT2D eigenvalue weighted by atomic mass is 16.1. The first-order chi connectivity index (χ1) is 3.63. The van der Waals surface area contributed by atoms with Crippen molar-refractivity contribution in [1.82, 2.24) is 0 Å². The van der Waals surface area contributed by atoms with Gasteiger partial charge in [-0.15, -0.1) is 0 Å². The van der Waals surface area contributed by atoms with Crippen molar-refractivity contribution in [2.45, 2.75) is 32.7 Å². The summed E-state index contributed by atoms with van der Waals surface area (Å²) in [5.41, 5.74) is 5.39. The molecule has 0 fully saturated rings. The number of hydrogen-bond acceptors (Lipinski definition) is 2. The van der Waals surface area contributed by atoms with E-state index in [0.717, 1.165) is 6.42 Å². The van der Waals surface area contributed by atoms with E-state index in [1.807, 2.05) is 6.92 Å². The van der Waals surface area contributed by atoms with Gasteiger partial charge in [-0.1, -0.05) is 0 Å². The van der Waals surface area contributed by atoms with Crippen LogP contribution in [0.1, 0.15) is 26.7 Å². The summed E-state index contributed by atoms with van der Waals surface area (Å²) in [4.78, 5) is 10.3. The number of hydrogen-bond donors (Lipinski definition) is 1. The first-order valence-corrected chi connectivity index (χ1v) is 2.88. The Morgan fingerprint density at radius 3 is 2.38 bits per heavy atom. The number of Topliss-reactive ketones (excluding diaryl/α,β-unsaturated/α-hetero) is 1. The summed E-state index contributed by atoms with van der Waals surface area (Å²) >= 11 is 0. The van der Waals surface area contributed by atoms with E-state index >= 15 is 0 Å². The predicted octanol–water partition coefficient (Wildman–Crippen LogP) is 0.703. The number of ketones is 1. The van der Waals surface area contributed by atoms with Gasteiger partial charge in [-0.2, -0.15) is 0 Å². The van der Waals surface area contributed by atoms with Gasteiger partial charge < -0.3 is 10.5 Å². The molecule has 2 nitrogen and oxygen atoms in total. The molecule has 48 valence electrons. The van der Waals surface area contributed by atoms with Crippen molar-refractivity contribution in [2.24, 2.45) is 5.73 Å². The van der Waals surface area contributed by atoms with Crippen LogP contribution in [0, 0.1) is 0 Å². The number of nitrogens with two attached hydrogens (primary N) is 1. The van der Waals surface area contributed by atoms with Crippen LogP contribution in [0.25, 0.3) is 0 Å². The molecule has 0 aliphatic heterocycles. The Hall–Kier alpha value is -0.370. The molecule has 1 atom stereocenters. The van der Waals surface area contributed by atoms with Crippen LogP contribution < -0.4 is 5.73 Å². The molecule has 8 heavy (non-hydrogen) atoms. The Kier molecular flexibility index (Phi) is 3.44. The minimum absolute atomic E-state index is 0.166. The molecule has 0 aliphatic rings. The van der Waals surface area contributed by atoms with Gasteiger partial charge >= 0.3 is 0 Å². The van der Waals surface area contributed by atoms with Gasteiger partial charge in [0.1, 0.15) is 5.78 Å². The molecule has 0 saturated heterocycles. The van der Waals surface area contributed by atoms with Crippen LogP contribution in [0.5, 0.6) is 0 Å². The lowest BCUT2D eigenvalue weighted by molar-refractivity contribution is -0.117. The van der Waals surface area contributed by atoms with Gasteiger partial charge in [0.2, 0.25) is 0 Å². The summed E-state index contributed by atoms with van der Waals surface area (Å²) in [6.07, 6.45) is 1.44. The molecular weight excluding hydrogens is 102 g/mol. The Labute approximate surface area is 50.1 Å². The van der Waals surface area contributed by atoms with Crippen molar-refractivity contribution < 1.29 is 4.79 Å². The van der Waals surface area contributed by atoms with Gasteiger partial charge in [0, 0.05) is 12.5 Å². The average Bonchev–Trinajstić information content (AvgIpc) is 1.61. The monoisotopic (exact) mass is 115 g/mol. The minimum Gasteiger partial charge on any atom is -0.328 e. The normalized spacial score (nSPS) is 13.4. The lowest BCUT2D eigenvalue weighted by Gasteiger charge is -1.99. The summed E-state index contributed by atoms with van der Waals surface area (Å²) in [7, 11) is 0. The van der Waals surface area contributed by atoms with E-state index in [2.05, 4.69) is 0 Å². The molecule has 0 aromatic carbocycles. The van der Waals surface area contributed by atoms with Gasteiger partial charge in [-0.3, -0.25) is 0 Å². The fourth-order valence-electron chi connectivity index (χ4n) is 0.431. The maximum absolute atomic E-state index is 10.3. The Bertz CT molecular complexity index is 78.6. The van der Waals surface area contributed by atoms with E-state index < -0.39 is 0 Å². The standard InChI is InChI=1S/C6H13NO/c1-5(7)3-4-6(2)8/h5H,3-4,7H2,1-2H3/t5-/m0/s1. The molecule has 0 rings (SSSR count). The van der Waals surface area contributed by atoms with E-state index in [1.54, 1.807) is 6.92 Å². The molecule has 0 aliphatic carbocycles. The summed E-state index contributed by atoms with van der Waals surface area (Å²) in [6.45, 7) is 3.49. The Morgan fingerprint density at radius 2 is 2.25 bits per heavy atom. The van der Waals surface area contributed by atoms with Crippen LogP contribution in [-0.4, -0.2) is 11.8 Å². The average molecular weight is 115 g/mol. The molecule has 0 bridgehead atoms. The molecule has 0 amide bonds. The third kappa shape index (κ3) is 5.63. The second-order valence-corrected chi connectivity index (χ2v) is 2.22. The second kappa shape index (κ2) is 3.61. The number of rotatable bonds is 3. The van der Waals surface area contributed by atoms with Crippen LogP contribution in [0.3, 0.4) is 0 Å². The first-order valence-electron chi connectivity index (χ1n) is 2.88. The highest BCUT2D eigenvalue weighted by Crippen LogP contribution is 1.92. The zero-order valence-electron chi connectivity index (χ0n) is 5.48. The zero-order valence-corrected chi connectivity index (χ0v) is 5.48. The van der Waals surface area contributed by atoms with Gasteiger partial charge in [0.25, 0.3) is 0 Å². The zero-order chi connectivity index (χ0) is 6.57. The molecule has 0 aromatic rings. The third-order valence-corrected chi connectivity index (χ3v) is 0.952. The quantitative estimate of drug-likeness (QED) is 0.588. The van der Waals surface area contributed by atoms with Crippen LogP contribution in [0.2, 0.25) is 0 Å². The molecule has 2 N–H and O–H groups in total.